The predicted octanol–water partition coefficient (Wildman–Crippen LogP) is 3.95. The van der Waals surface area contributed by atoms with Gasteiger partial charge in [-0.2, -0.15) is 5.10 Å². The first-order valence-corrected chi connectivity index (χ1v) is 8.46. The maximum Gasteiger partial charge on any atom is 0.191 e. The minimum absolute atomic E-state index is 0.176. The van der Waals surface area contributed by atoms with Crippen molar-refractivity contribution >= 4 is 28.7 Å². The van der Waals surface area contributed by atoms with Gasteiger partial charge in [0.15, 0.2) is 5.11 Å². The van der Waals surface area contributed by atoms with Crippen LogP contribution in [0.1, 0.15) is 31.4 Å². The van der Waals surface area contributed by atoms with Crippen molar-refractivity contribution in [1.29, 1.82) is 0 Å². The molecule has 2 aromatic carbocycles. The third-order valence-corrected chi connectivity index (χ3v) is 4.05. The van der Waals surface area contributed by atoms with Gasteiger partial charge in [-0.3, -0.25) is 5.43 Å². The molecule has 0 fully saturated rings. The van der Waals surface area contributed by atoms with Gasteiger partial charge in [-0.25, -0.2) is 0 Å². The second-order valence-electron chi connectivity index (χ2n) is 6.71. The number of fused-ring (bicyclic) bond motifs is 1. The Hall–Kier alpha value is -2.60. The molecule has 0 spiro atoms. The highest BCUT2D eigenvalue weighted by atomic mass is 32.1. The molecule has 0 saturated carbocycles. The molecular weight excluding hydrogens is 334 g/mol. The number of hydrazone groups is 1. The van der Waals surface area contributed by atoms with E-state index in [1.54, 1.807) is 18.2 Å². The minimum atomic E-state index is -0.378. The molecule has 1 heterocycles. The number of aryl methyl sites for hydroxylation is 1. The first-order valence-electron chi connectivity index (χ1n) is 8.05. The van der Waals surface area contributed by atoms with E-state index in [1.165, 1.54) is 5.56 Å². The van der Waals surface area contributed by atoms with E-state index in [-0.39, 0.29) is 11.4 Å². The number of phenols is 1. The van der Waals surface area contributed by atoms with Gasteiger partial charge in [0.05, 0.1) is 5.71 Å². The maximum absolute atomic E-state index is 9.76. The first-order chi connectivity index (χ1) is 11.8. The molecule has 6 heteroatoms. The fourth-order valence-corrected chi connectivity index (χ4v) is 2.84. The van der Waals surface area contributed by atoms with Gasteiger partial charge in [0, 0.05) is 17.7 Å². The Balaban J connectivity index is 1.77. The number of nitrogens with one attached hydrogen (secondary N) is 2. The molecular formula is C19H21N3O2S. The van der Waals surface area contributed by atoms with Crippen LogP contribution in [-0.4, -0.2) is 21.5 Å². The van der Waals surface area contributed by atoms with Gasteiger partial charge < -0.3 is 15.2 Å². The fourth-order valence-electron chi connectivity index (χ4n) is 2.68. The summed E-state index contributed by atoms with van der Waals surface area (Å²) in [5, 5.41) is 17.7. The highest BCUT2D eigenvalue weighted by molar-refractivity contribution is 7.80. The van der Waals surface area contributed by atoms with Crippen LogP contribution in [0, 0.1) is 6.92 Å². The smallest absolute Gasteiger partial charge is 0.191 e. The quantitative estimate of drug-likeness (QED) is 0.562. The maximum atomic E-state index is 9.76. The van der Waals surface area contributed by atoms with Gasteiger partial charge in [-0.15, -0.1) is 0 Å². The van der Waals surface area contributed by atoms with E-state index in [9.17, 15) is 5.11 Å². The molecule has 0 aromatic heterocycles. The minimum Gasteiger partial charge on any atom is -0.508 e. The molecule has 1 aliphatic rings. The molecule has 25 heavy (non-hydrogen) atoms. The molecule has 3 N–H and O–H groups in total. The number of thiocarbonyl (C=S) groups is 1. The van der Waals surface area contributed by atoms with Crippen molar-refractivity contribution in [1.82, 2.24) is 5.43 Å². The zero-order valence-corrected chi connectivity index (χ0v) is 15.3. The van der Waals surface area contributed by atoms with E-state index in [0.29, 0.717) is 17.3 Å². The van der Waals surface area contributed by atoms with Crippen molar-refractivity contribution in [3.63, 3.8) is 0 Å². The van der Waals surface area contributed by atoms with Crippen LogP contribution in [0.2, 0.25) is 0 Å². The summed E-state index contributed by atoms with van der Waals surface area (Å²) >= 11 is 5.31. The van der Waals surface area contributed by atoms with Gasteiger partial charge >= 0.3 is 0 Å². The highest BCUT2D eigenvalue weighted by Gasteiger charge is 2.31. The SMILES string of the molecule is Cc1ccc(NC(=S)N/N=C2/CC(C)(C)Oc3ccc(O)cc32)cc1. The monoisotopic (exact) mass is 355 g/mol. The second-order valence-corrected chi connectivity index (χ2v) is 7.12. The van der Waals surface area contributed by atoms with Crippen LogP contribution in [0.3, 0.4) is 0 Å². The van der Waals surface area contributed by atoms with Crippen molar-refractivity contribution in [2.24, 2.45) is 5.10 Å². The van der Waals surface area contributed by atoms with Gasteiger partial charge in [-0.05, 0) is 63.3 Å². The zero-order chi connectivity index (χ0) is 18.0. The van der Waals surface area contributed by atoms with Crippen molar-refractivity contribution < 1.29 is 9.84 Å². The molecule has 0 aliphatic carbocycles. The number of aromatic hydroxyl groups is 1. The van der Waals surface area contributed by atoms with E-state index in [4.69, 9.17) is 17.0 Å². The molecule has 0 amide bonds. The molecule has 5 nitrogen and oxygen atoms in total. The summed E-state index contributed by atoms with van der Waals surface area (Å²) in [7, 11) is 0. The highest BCUT2D eigenvalue weighted by Crippen LogP contribution is 2.35. The summed E-state index contributed by atoms with van der Waals surface area (Å²) < 4.78 is 5.95. The molecule has 0 unspecified atom stereocenters. The Bertz CT molecular complexity index is 829. The number of anilines is 1. The van der Waals surface area contributed by atoms with E-state index >= 15 is 0 Å². The average molecular weight is 355 g/mol. The van der Waals surface area contributed by atoms with Crippen molar-refractivity contribution in [3.05, 3.63) is 53.6 Å². The van der Waals surface area contributed by atoms with Gasteiger partial charge in [-0.1, -0.05) is 17.7 Å². The lowest BCUT2D eigenvalue weighted by molar-refractivity contribution is 0.111. The largest absolute Gasteiger partial charge is 0.508 e. The van der Waals surface area contributed by atoms with E-state index < -0.39 is 0 Å². The van der Waals surface area contributed by atoms with Gasteiger partial charge in [0.2, 0.25) is 0 Å². The first kappa shape index (κ1) is 17.2. The number of phenolic OH excluding ortho intramolecular Hbond substituents is 1. The second kappa shape index (κ2) is 6.72. The van der Waals surface area contributed by atoms with Crippen molar-refractivity contribution in [3.8, 4) is 11.5 Å². The topological polar surface area (TPSA) is 65.9 Å². The standard InChI is InChI=1S/C19H21N3O2S/c1-12-4-6-13(7-5-12)20-18(25)22-21-16-11-19(2,3)24-17-9-8-14(23)10-15(16)17/h4-10,23H,11H2,1-3H3,(H2,20,22,25)/b21-16-. The van der Waals surface area contributed by atoms with Crippen molar-refractivity contribution in [2.45, 2.75) is 32.8 Å². The Kier molecular flexibility index (Phi) is 4.63. The molecule has 1 aliphatic heterocycles. The molecule has 0 saturated heterocycles. The fraction of sp³-hybridized carbons (Fsp3) is 0.263. The molecule has 2 aromatic rings. The normalized spacial score (nSPS) is 16.7. The number of rotatable bonds is 2. The van der Waals surface area contributed by atoms with E-state index in [0.717, 1.165) is 17.0 Å². The molecule has 0 bridgehead atoms. The summed E-state index contributed by atoms with van der Waals surface area (Å²) in [6, 6.07) is 13.0. The molecule has 3 rings (SSSR count). The number of benzene rings is 2. The van der Waals surface area contributed by atoms with Crippen molar-refractivity contribution in [2.75, 3.05) is 5.32 Å². The third-order valence-electron chi connectivity index (χ3n) is 3.86. The summed E-state index contributed by atoms with van der Waals surface area (Å²) in [5.74, 6) is 0.877. The number of ether oxygens (including phenoxy) is 1. The summed E-state index contributed by atoms with van der Waals surface area (Å²) in [6.45, 7) is 6.04. The lowest BCUT2D eigenvalue weighted by Gasteiger charge is -2.33. The Labute approximate surface area is 152 Å². The summed E-state index contributed by atoms with van der Waals surface area (Å²) in [4.78, 5) is 0. The molecule has 130 valence electrons. The number of hydrogen-bond donors (Lipinski definition) is 3. The lowest BCUT2D eigenvalue weighted by Crippen LogP contribution is -2.37. The predicted molar refractivity (Wildman–Crippen MR) is 105 cm³/mol. The number of nitrogens with zero attached hydrogens (tertiary/aromatic N) is 1. The van der Waals surface area contributed by atoms with Crippen LogP contribution < -0.4 is 15.5 Å². The average Bonchev–Trinajstić information content (AvgIpc) is 2.55. The van der Waals surface area contributed by atoms with Gasteiger partial charge in [0.25, 0.3) is 0 Å². The Morgan fingerprint density at radius 2 is 1.92 bits per heavy atom. The van der Waals surface area contributed by atoms with E-state index in [2.05, 4.69) is 15.8 Å². The molecule has 0 atom stereocenters. The van der Waals surface area contributed by atoms with Crippen LogP contribution >= 0.6 is 12.2 Å². The van der Waals surface area contributed by atoms with Gasteiger partial charge in [0.1, 0.15) is 17.1 Å². The van der Waals surface area contributed by atoms with E-state index in [1.807, 2.05) is 45.0 Å². The molecule has 0 radical (unpaired) electrons. The zero-order valence-electron chi connectivity index (χ0n) is 14.5. The summed E-state index contributed by atoms with van der Waals surface area (Å²) in [6.07, 6.45) is 0.601. The van der Waals surface area contributed by atoms with Crippen LogP contribution in [0.25, 0.3) is 0 Å². The Morgan fingerprint density at radius 1 is 1.20 bits per heavy atom. The number of hydrogen-bond acceptors (Lipinski definition) is 4. The van der Waals surface area contributed by atoms with Crippen LogP contribution in [0.4, 0.5) is 5.69 Å². The summed E-state index contributed by atoms with van der Waals surface area (Å²) in [5.41, 5.74) is 6.14. The lowest BCUT2D eigenvalue weighted by atomic mass is 9.92. The van der Waals surface area contributed by atoms with Crippen LogP contribution in [0.5, 0.6) is 11.5 Å². The third kappa shape index (κ3) is 4.28. The van der Waals surface area contributed by atoms with Crippen LogP contribution in [-0.2, 0) is 0 Å². The Morgan fingerprint density at radius 3 is 2.64 bits per heavy atom. The van der Waals surface area contributed by atoms with Crippen LogP contribution in [0.15, 0.2) is 47.6 Å².